The predicted molar refractivity (Wildman–Crippen MR) is 81.7 cm³/mol. The monoisotopic (exact) mass is 376 g/mol. The lowest BCUT2D eigenvalue weighted by atomic mass is 10.2. The quantitative estimate of drug-likeness (QED) is 0.400. The summed E-state index contributed by atoms with van der Waals surface area (Å²) in [5.74, 6) is -1.30. The molecule has 0 aromatic heterocycles. The van der Waals surface area contributed by atoms with E-state index in [0.29, 0.717) is 18.7 Å². The van der Waals surface area contributed by atoms with Crippen molar-refractivity contribution in [2.45, 2.75) is 19.3 Å². The molecule has 1 rings (SSSR count). The molecule has 1 aromatic rings. The Morgan fingerprint density at radius 1 is 1.05 bits per heavy atom. The smallest absolute Gasteiger partial charge is 0.313 e. The molecule has 0 fully saturated rings. The molecule has 0 saturated heterocycles. The van der Waals surface area contributed by atoms with Gasteiger partial charge in [0.05, 0.1) is 0 Å². The summed E-state index contributed by atoms with van der Waals surface area (Å²) in [6.07, 6.45) is 2.29. The van der Waals surface area contributed by atoms with Crippen molar-refractivity contribution < 1.29 is 14.7 Å². The molecule has 6 heteroatoms. The first-order chi connectivity index (χ1) is 9.13. The fraction of sp³-hybridized carbons (Fsp3) is 0.385. The first-order valence-corrected chi connectivity index (χ1v) is 7.17. The molecule has 0 aliphatic heterocycles. The van der Waals surface area contributed by atoms with E-state index in [1.54, 1.807) is 12.1 Å². The maximum Gasteiger partial charge on any atom is 0.313 e. The largest absolute Gasteiger partial charge is 0.396 e. The van der Waals surface area contributed by atoms with Crippen LogP contribution in [0.15, 0.2) is 24.3 Å². The van der Waals surface area contributed by atoms with Gasteiger partial charge in [-0.3, -0.25) is 9.59 Å². The second-order valence-corrected chi connectivity index (χ2v) is 5.25. The molecule has 0 aliphatic carbocycles. The third-order valence-corrected chi connectivity index (χ3v) is 3.15. The Hall–Kier alpha value is -1.15. The number of hydrogen-bond acceptors (Lipinski definition) is 3. The molecule has 0 aliphatic rings. The molecule has 0 atom stereocenters. The summed E-state index contributed by atoms with van der Waals surface area (Å²) in [5, 5.41) is 13.7. The van der Waals surface area contributed by atoms with E-state index in [4.69, 9.17) is 5.11 Å². The van der Waals surface area contributed by atoms with Gasteiger partial charge in [-0.1, -0.05) is 0 Å². The molecule has 2 amide bonds. The van der Waals surface area contributed by atoms with E-state index in [1.165, 1.54) is 0 Å². The number of unbranched alkanes of at least 4 members (excludes halogenated alkanes) is 2. The standard InChI is InChI=1S/C13H17IN2O3/c14-10-4-6-11(7-5-10)16-13(19)12(18)15-8-2-1-3-9-17/h4-7,17H,1-3,8-9H2,(H,15,18)(H,16,19). The Balaban J connectivity index is 2.28. The molecular weight excluding hydrogens is 359 g/mol. The minimum Gasteiger partial charge on any atom is -0.396 e. The van der Waals surface area contributed by atoms with Crippen LogP contribution in [0.1, 0.15) is 19.3 Å². The summed E-state index contributed by atoms with van der Waals surface area (Å²) < 4.78 is 1.06. The van der Waals surface area contributed by atoms with Crippen LogP contribution < -0.4 is 10.6 Å². The highest BCUT2D eigenvalue weighted by Crippen LogP contribution is 2.10. The highest BCUT2D eigenvalue weighted by Gasteiger charge is 2.12. The van der Waals surface area contributed by atoms with Crippen molar-refractivity contribution in [1.82, 2.24) is 5.32 Å². The molecule has 0 unspecified atom stereocenters. The fourth-order valence-electron chi connectivity index (χ4n) is 1.42. The van der Waals surface area contributed by atoms with Crippen LogP contribution in [0.25, 0.3) is 0 Å². The number of hydrogen-bond donors (Lipinski definition) is 3. The van der Waals surface area contributed by atoms with Crippen molar-refractivity contribution in [3.8, 4) is 0 Å². The molecule has 5 nitrogen and oxygen atoms in total. The van der Waals surface area contributed by atoms with Gasteiger partial charge in [0.2, 0.25) is 0 Å². The van der Waals surface area contributed by atoms with Crippen LogP contribution >= 0.6 is 22.6 Å². The maximum atomic E-state index is 11.6. The lowest BCUT2D eigenvalue weighted by molar-refractivity contribution is -0.136. The number of aliphatic hydroxyl groups is 1. The van der Waals surface area contributed by atoms with Crippen LogP contribution in [0.2, 0.25) is 0 Å². The van der Waals surface area contributed by atoms with Gasteiger partial charge in [-0.25, -0.2) is 0 Å². The van der Waals surface area contributed by atoms with E-state index in [1.807, 2.05) is 12.1 Å². The van der Waals surface area contributed by atoms with Crippen molar-refractivity contribution in [3.05, 3.63) is 27.8 Å². The third kappa shape index (κ3) is 6.53. The van der Waals surface area contributed by atoms with E-state index in [2.05, 4.69) is 33.2 Å². The van der Waals surface area contributed by atoms with Gasteiger partial charge in [0.1, 0.15) is 0 Å². The van der Waals surface area contributed by atoms with Gasteiger partial charge < -0.3 is 15.7 Å². The summed E-state index contributed by atoms with van der Waals surface area (Å²) in [7, 11) is 0. The number of anilines is 1. The van der Waals surface area contributed by atoms with Gasteiger partial charge in [0.15, 0.2) is 0 Å². The van der Waals surface area contributed by atoms with Crippen molar-refractivity contribution in [1.29, 1.82) is 0 Å². The van der Waals surface area contributed by atoms with Crippen LogP contribution in [0.3, 0.4) is 0 Å². The van der Waals surface area contributed by atoms with Crippen LogP contribution in [0.5, 0.6) is 0 Å². The molecule has 0 spiro atoms. The zero-order valence-electron chi connectivity index (χ0n) is 10.5. The number of amides is 2. The van der Waals surface area contributed by atoms with Gasteiger partial charge in [-0.2, -0.15) is 0 Å². The maximum absolute atomic E-state index is 11.6. The van der Waals surface area contributed by atoms with Crippen LogP contribution in [-0.2, 0) is 9.59 Å². The van der Waals surface area contributed by atoms with Crippen molar-refractivity contribution in [3.63, 3.8) is 0 Å². The average molecular weight is 376 g/mol. The van der Waals surface area contributed by atoms with Gasteiger partial charge in [-0.15, -0.1) is 0 Å². The molecule has 1 aromatic carbocycles. The predicted octanol–water partition coefficient (Wildman–Crippen LogP) is 1.51. The normalized spacial score (nSPS) is 10.0. The topological polar surface area (TPSA) is 78.4 Å². The molecule has 3 N–H and O–H groups in total. The Bertz CT molecular complexity index is 420. The SMILES string of the molecule is O=C(NCCCCCO)C(=O)Nc1ccc(I)cc1. The molecular formula is C13H17IN2O3. The Labute approximate surface area is 125 Å². The van der Waals surface area contributed by atoms with Gasteiger partial charge in [0.25, 0.3) is 0 Å². The zero-order valence-corrected chi connectivity index (χ0v) is 12.6. The summed E-state index contributed by atoms with van der Waals surface area (Å²) >= 11 is 2.16. The second kappa shape index (κ2) is 8.87. The van der Waals surface area contributed by atoms with Gasteiger partial charge >= 0.3 is 11.8 Å². The fourth-order valence-corrected chi connectivity index (χ4v) is 1.78. The first-order valence-electron chi connectivity index (χ1n) is 6.09. The number of benzene rings is 1. The summed E-state index contributed by atoms with van der Waals surface area (Å²) in [6, 6.07) is 7.19. The van der Waals surface area contributed by atoms with Crippen molar-refractivity contribution in [2.24, 2.45) is 0 Å². The number of rotatable bonds is 6. The molecule has 0 bridgehead atoms. The zero-order chi connectivity index (χ0) is 14.1. The van der Waals surface area contributed by atoms with Crippen LogP contribution in [0.4, 0.5) is 5.69 Å². The van der Waals surface area contributed by atoms with E-state index in [-0.39, 0.29) is 6.61 Å². The third-order valence-electron chi connectivity index (χ3n) is 2.43. The highest BCUT2D eigenvalue weighted by atomic mass is 127. The lowest BCUT2D eigenvalue weighted by Gasteiger charge is -2.06. The number of carbonyl (C=O) groups is 2. The Morgan fingerprint density at radius 2 is 1.74 bits per heavy atom. The Kier molecular flexibility index (Phi) is 7.42. The molecule has 0 radical (unpaired) electrons. The minimum absolute atomic E-state index is 0.154. The molecule has 0 heterocycles. The molecule has 19 heavy (non-hydrogen) atoms. The summed E-state index contributed by atoms with van der Waals surface area (Å²) in [5.41, 5.74) is 0.598. The van der Waals surface area contributed by atoms with Crippen molar-refractivity contribution >= 4 is 40.1 Å². The number of halogens is 1. The molecule has 0 saturated carbocycles. The van der Waals surface area contributed by atoms with Gasteiger partial charge in [-0.05, 0) is 66.1 Å². The first kappa shape index (κ1) is 15.9. The van der Waals surface area contributed by atoms with E-state index in [9.17, 15) is 9.59 Å². The number of aliphatic hydroxyl groups excluding tert-OH is 1. The minimum atomic E-state index is -0.664. The number of nitrogens with one attached hydrogen (secondary N) is 2. The van der Waals surface area contributed by atoms with Crippen LogP contribution in [-0.4, -0.2) is 30.1 Å². The molecule has 104 valence electrons. The second-order valence-electron chi connectivity index (χ2n) is 4.00. The van der Waals surface area contributed by atoms with Crippen molar-refractivity contribution in [2.75, 3.05) is 18.5 Å². The average Bonchev–Trinajstić information content (AvgIpc) is 2.41. The van der Waals surface area contributed by atoms with E-state index >= 15 is 0 Å². The van der Waals surface area contributed by atoms with E-state index in [0.717, 1.165) is 16.4 Å². The van der Waals surface area contributed by atoms with Crippen LogP contribution in [0, 0.1) is 3.57 Å². The van der Waals surface area contributed by atoms with Gasteiger partial charge in [0, 0.05) is 22.4 Å². The summed E-state index contributed by atoms with van der Waals surface area (Å²) in [6.45, 7) is 0.597. The summed E-state index contributed by atoms with van der Waals surface area (Å²) in [4.78, 5) is 23.0. The Morgan fingerprint density at radius 3 is 2.37 bits per heavy atom. The van der Waals surface area contributed by atoms with E-state index < -0.39 is 11.8 Å². The lowest BCUT2D eigenvalue weighted by Crippen LogP contribution is -2.35. The number of carbonyl (C=O) groups excluding carboxylic acids is 2. The highest BCUT2D eigenvalue weighted by molar-refractivity contribution is 14.1.